The highest BCUT2D eigenvalue weighted by atomic mass is 32.1. The highest BCUT2D eigenvalue weighted by Gasteiger charge is 2.27. The maximum absolute atomic E-state index is 12.8. The summed E-state index contributed by atoms with van der Waals surface area (Å²) in [5.74, 6) is 2.29. The normalized spacial score (nSPS) is 14.8. The second kappa shape index (κ2) is 9.09. The van der Waals surface area contributed by atoms with E-state index in [2.05, 4.69) is 15.2 Å². The summed E-state index contributed by atoms with van der Waals surface area (Å²) in [6, 6.07) is 7.90. The molecule has 1 fully saturated rings. The number of likely N-dealkylation sites (tertiary alicyclic amines) is 1. The molecule has 0 unspecified atom stereocenters. The van der Waals surface area contributed by atoms with E-state index in [1.165, 1.54) is 0 Å². The van der Waals surface area contributed by atoms with E-state index in [1.54, 1.807) is 11.3 Å². The number of rotatable bonds is 6. The van der Waals surface area contributed by atoms with Gasteiger partial charge in [-0.2, -0.15) is 5.10 Å². The molecule has 0 aliphatic carbocycles. The predicted molar refractivity (Wildman–Crippen MR) is 119 cm³/mol. The number of aromatic nitrogens is 4. The third-order valence-corrected chi connectivity index (χ3v) is 6.73. The van der Waals surface area contributed by atoms with Crippen LogP contribution < -0.4 is 4.74 Å². The number of carbonyl (C=O) groups is 1. The van der Waals surface area contributed by atoms with Crippen molar-refractivity contribution in [3.63, 3.8) is 0 Å². The Hall–Kier alpha value is -2.52. The summed E-state index contributed by atoms with van der Waals surface area (Å²) in [7, 11) is 1.93. The molecule has 3 heterocycles. The number of thiazole rings is 1. The molecule has 2 aromatic heterocycles. The van der Waals surface area contributed by atoms with Gasteiger partial charge >= 0.3 is 0 Å². The molecule has 1 aliphatic rings. The number of H-pyrrole nitrogens is 1. The van der Waals surface area contributed by atoms with Crippen molar-refractivity contribution in [1.82, 2.24) is 24.6 Å². The minimum absolute atomic E-state index is 0.132. The van der Waals surface area contributed by atoms with Crippen LogP contribution in [0, 0.1) is 4.77 Å². The second-order valence-electron chi connectivity index (χ2n) is 7.38. The first-order valence-electron chi connectivity index (χ1n) is 10.1. The molecule has 7 nitrogen and oxygen atoms in total. The number of hydrogen-bond donors (Lipinski definition) is 1. The lowest BCUT2D eigenvalue weighted by Gasteiger charge is -2.31. The lowest BCUT2D eigenvalue weighted by molar-refractivity contribution is -0.131. The van der Waals surface area contributed by atoms with E-state index in [1.807, 2.05) is 53.1 Å². The van der Waals surface area contributed by atoms with Crippen LogP contribution in [0.4, 0.5) is 0 Å². The first-order chi connectivity index (χ1) is 14.5. The zero-order chi connectivity index (χ0) is 21.1. The number of carbonyl (C=O) groups excluding carboxylic acids is 1. The lowest BCUT2D eigenvalue weighted by Crippen LogP contribution is -2.39. The van der Waals surface area contributed by atoms with Crippen LogP contribution in [0.15, 0.2) is 29.6 Å². The van der Waals surface area contributed by atoms with Crippen molar-refractivity contribution in [2.24, 2.45) is 7.05 Å². The monoisotopic (exact) mass is 443 g/mol. The summed E-state index contributed by atoms with van der Waals surface area (Å²) in [6.07, 6.45) is 2.13. The van der Waals surface area contributed by atoms with Crippen LogP contribution in [0.25, 0.3) is 10.6 Å². The smallest absolute Gasteiger partial charge is 0.228 e. The minimum Gasteiger partial charge on any atom is -0.494 e. The zero-order valence-corrected chi connectivity index (χ0v) is 18.8. The van der Waals surface area contributed by atoms with Crippen LogP contribution in [0.3, 0.4) is 0 Å². The molecule has 4 rings (SSSR count). The number of benzene rings is 1. The molecule has 1 aliphatic heterocycles. The molecule has 3 aromatic rings. The fourth-order valence-electron chi connectivity index (χ4n) is 3.76. The topological polar surface area (TPSA) is 76.0 Å². The molecule has 0 saturated carbocycles. The maximum Gasteiger partial charge on any atom is 0.228 e. The third kappa shape index (κ3) is 4.46. The number of nitrogens with zero attached hydrogens (tertiary/aromatic N) is 4. The van der Waals surface area contributed by atoms with Crippen molar-refractivity contribution in [3.8, 4) is 16.3 Å². The van der Waals surface area contributed by atoms with Crippen molar-refractivity contribution in [2.45, 2.75) is 32.1 Å². The minimum atomic E-state index is 0.132. The molecule has 0 spiro atoms. The molecule has 1 saturated heterocycles. The summed E-state index contributed by atoms with van der Waals surface area (Å²) in [6.45, 7) is 4.08. The van der Waals surface area contributed by atoms with Gasteiger partial charge in [-0.05, 0) is 56.2 Å². The van der Waals surface area contributed by atoms with Gasteiger partial charge < -0.3 is 14.2 Å². The van der Waals surface area contributed by atoms with Gasteiger partial charge in [0.15, 0.2) is 4.77 Å². The SMILES string of the molecule is CCOc1ccc(-c2nc(CC(=O)N3CCC(c4n[nH]c(=S)n4C)CC3)cs2)cc1. The zero-order valence-electron chi connectivity index (χ0n) is 17.1. The van der Waals surface area contributed by atoms with E-state index < -0.39 is 0 Å². The fraction of sp³-hybridized carbons (Fsp3) is 0.429. The van der Waals surface area contributed by atoms with Gasteiger partial charge in [-0.3, -0.25) is 9.89 Å². The number of piperidine rings is 1. The van der Waals surface area contributed by atoms with Gasteiger partial charge in [0.1, 0.15) is 16.6 Å². The Morgan fingerprint density at radius 1 is 1.30 bits per heavy atom. The van der Waals surface area contributed by atoms with Crippen molar-refractivity contribution in [3.05, 3.63) is 45.9 Å². The van der Waals surface area contributed by atoms with Gasteiger partial charge in [0, 0.05) is 37.0 Å². The average Bonchev–Trinajstić information content (AvgIpc) is 3.36. The predicted octanol–water partition coefficient (Wildman–Crippen LogP) is 3.95. The quantitative estimate of drug-likeness (QED) is 0.584. The first-order valence-corrected chi connectivity index (χ1v) is 11.4. The molecule has 0 atom stereocenters. The first kappa shape index (κ1) is 20.7. The average molecular weight is 444 g/mol. The van der Waals surface area contributed by atoms with Gasteiger partial charge in [0.25, 0.3) is 0 Å². The van der Waals surface area contributed by atoms with Crippen LogP contribution >= 0.6 is 23.6 Å². The van der Waals surface area contributed by atoms with Gasteiger partial charge in [-0.25, -0.2) is 4.98 Å². The van der Waals surface area contributed by atoms with Crippen LogP contribution in [-0.4, -0.2) is 50.3 Å². The molecular weight excluding hydrogens is 418 g/mol. The number of aromatic amines is 1. The highest BCUT2D eigenvalue weighted by Crippen LogP contribution is 2.28. The lowest BCUT2D eigenvalue weighted by atomic mass is 9.95. The Bertz CT molecular complexity index is 1060. The summed E-state index contributed by atoms with van der Waals surface area (Å²) in [5, 5.41) is 10.1. The van der Waals surface area contributed by atoms with E-state index in [0.717, 1.165) is 53.8 Å². The summed E-state index contributed by atoms with van der Waals surface area (Å²) in [4.78, 5) is 19.4. The molecule has 1 N–H and O–H groups in total. The standard InChI is InChI=1S/C21H25N5O2S2/c1-3-28-17-6-4-15(5-7-17)20-22-16(13-30-20)12-18(27)26-10-8-14(9-11-26)19-23-24-21(29)25(19)2/h4-7,13-14H,3,8-12H2,1-2H3,(H,24,29). The van der Waals surface area contributed by atoms with Gasteiger partial charge in [-0.15, -0.1) is 11.3 Å². The van der Waals surface area contributed by atoms with E-state index >= 15 is 0 Å². The van der Waals surface area contributed by atoms with Crippen molar-refractivity contribution < 1.29 is 9.53 Å². The van der Waals surface area contributed by atoms with Crippen LogP contribution in [0.5, 0.6) is 5.75 Å². The fourth-order valence-corrected chi connectivity index (χ4v) is 4.72. The molecule has 9 heteroatoms. The van der Waals surface area contributed by atoms with E-state index in [9.17, 15) is 4.79 Å². The molecule has 1 aromatic carbocycles. The molecule has 0 radical (unpaired) electrons. The molecule has 30 heavy (non-hydrogen) atoms. The van der Waals surface area contributed by atoms with Crippen LogP contribution in [0.1, 0.15) is 37.2 Å². The molecular formula is C21H25N5O2S2. The van der Waals surface area contributed by atoms with Crippen molar-refractivity contribution in [1.29, 1.82) is 0 Å². The van der Waals surface area contributed by atoms with Gasteiger partial charge in [0.2, 0.25) is 5.91 Å². The Kier molecular flexibility index (Phi) is 6.29. The Labute approximate surface area is 184 Å². The maximum atomic E-state index is 12.8. The van der Waals surface area contributed by atoms with E-state index in [4.69, 9.17) is 17.0 Å². The number of hydrogen-bond acceptors (Lipinski definition) is 6. The Morgan fingerprint density at radius 2 is 2.03 bits per heavy atom. The second-order valence-corrected chi connectivity index (χ2v) is 8.62. The number of ether oxygens (including phenoxy) is 1. The number of nitrogens with one attached hydrogen (secondary N) is 1. The van der Waals surface area contributed by atoms with Crippen LogP contribution in [-0.2, 0) is 18.3 Å². The van der Waals surface area contributed by atoms with E-state index in [-0.39, 0.29) is 5.91 Å². The molecule has 0 bridgehead atoms. The largest absolute Gasteiger partial charge is 0.494 e. The molecule has 158 valence electrons. The Balaban J connectivity index is 1.33. The van der Waals surface area contributed by atoms with Crippen molar-refractivity contribution in [2.75, 3.05) is 19.7 Å². The summed E-state index contributed by atoms with van der Waals surface area (Å²) < 4.78 is 8.05. The Morgan fingerprint density at radius 3 is 2.67 bits per heavy atom. The van der Waals surface area contributed by atoms with Gasteiger partial charge in [-0.1, -0.05) is 0 Å². The van der Waals surface area contributed by atoms with Gasteiger partial charge in [0.05, 0.1) is 18.7 Å². The van der Waals surface area contributed by atoms with Crippen LogP contribution in [0.2, 0.25) is 0 Å². The highest BCUT2D eigenvalue weighted by molar-refractivity contribution is 7.71. The van der Waals surface area contributed by atoms with Crippen molar-refractivity contribution >= 4 is 29.5 Å². The molecule has 1 amide bonds. The number of amides is 1. The summed E-state index contributed by atoms with van der Waals surface area (Å²) >= 11 is 6.77. The summed E-state index contributed by atoms with van der Waals surface area (Å²) in [5.41, 5.74) is 1.86. The van der Waals surface area contributed by atoms with E-state index in [0.29, 0.717) is 23.7 Å². The third-order valence-electron chi connectivity index (χ3n) is 5.42.